The zero-order valence-electron chi connectivity index (χ0n) is 10.2. The minimum atomic E-state index is -0.335. The van der Waals surface area contributed by atoms with Crippen LogP contribution in [0.2, 0.25) is 0 Å². The highest BCUT2D eigenvalue weighted by Crippen LogP contribution is 2.39. The lowest BCUT2D eigenvalue weighted by Crippen LogP contribution is -2.05. The molecule has 0 atom stereocenters. The molecule has 0 spiro atoms. The van der Waals surface area contributed by atoms with Crippen LogP contribution in [0.15, 0.2) is 24.4 Å². The second-order valence-corrected chi connectivity index (χ2v) is 4.50. The lowest BCUT2D eigenvalue weighted by Gasteiger charge is -2.04. The smallest absolute Gasteiger partial charge is 0.339 e. The molecule has 0 N–H and O–H groups in total. The van der Waals surface area contributed by atoms with Gasteiger partial charge >= 0.3 is 5.97 Å². The minimum absolute atomic E-state index is 0.335. The zero-order valence-corrected chi connectivity index (χ0v) is 10.2. The number of pyridine rings is 2. The van der Waals surface area contributed by atoms with E-state index in [2.05, 4.69) is 9.97 Å². The van der Waals surface area contributed by atoms with Crippen LogP contribution in [0.4, 0.5) is 0 Å². The Morgan fingerprint density at radius 2 is 2.28 bits per heavy atom. The van der Waals surface area contributed by atoms with E-state index in [1.165, 1.54) is 19.0 Å². The molecule has 4 nitrogen and oxygen atoms in total. The van der Waals surface area contributed by atoms with Gasteiger partial charge in [0.15, 0.2) is 5.65 Å². The number of carbonyl (C=O) groups is 1. The van der Waals surface area contributed by atoms with Crippen molar-refractivity contribution < 1.29 is 9.53 Å². The number of hydrogen-bond donors (Lipinski definition) is 0. The van der Waals surface area contributed by atoms with E-state index in [1.807, 2.05) is 12.1 Å². The summed E-state index contributed by atoms with van der Waals surface area (Å²) in [4.78, 5) is 20.4. The van der Waals surface area contributed by atoms with E-state index >= 15 is 0 Å². The van der Waals surface area contributed by atoms with Gasteiger partial charge in [0.25, 0.3) is 0 Å². The first-order valence-corrected chi connectivity index (χ1v) is 6.21. The average molecular weight is 242 g/mol. The highest BCUT2D eigenvalue weighted by atomic mass is 16.5. The molecule has 1 aliphatic carbocycles. The number of esters is 1. The molecule has 3 rings (SSSR count). The molecular formula is C14H14N2O2. The number of hydrogen-bond acceptors (Lipinski definition) is 4. The van der Waals surface area contributed by atoms with Crippen molar-refractivity contribution in [2.24, 2.45) is 0 Å². The van der Waals surface area contributed by atoms with Gasteiger partial charge < -0.3 is 4.74 Å². The van der Waals surface area contributed by atoms with Crippen LogP contribution in [0.5, 0.6) is 0 Å². The third-order valence-corrected chi connectivity index (χ3v) is 3.07. The third-order valence-electron chi connectivity index (χ3n) is 3.07. The molecule has 2 aromatic rings. The van der Waals surface area contributed by atoms with E-state index < -0.39 is 0 Å². The Morgan fingerprint density at radius 3 is 3.00 bits per heavy atom. The van der Waals surface area contributed by atoms with Gasteiger partial charge in [-0.15, -0.1) is 0 Å². The van der Waals surface area contributed by atoms with Crippen molar-refractivity contribution in [2.45, 2.75) is 25.7 Å². The monoisotopic (exact) mass is 242 g/mol. The Morgan fingerprint density at radius 1 is 1.44 bits per heavy atom. The van der Waals surface area contributed by atoms with Gasteiger partial charge in [-0.1, -0.05) is 0 Å². The molecule has 0 aromatic carbocycles. The molecule has 0 saturated heterocycles. The first-order chi connectivity index (χ1) is 8.78. The Hall–Kier alpha value is -1.97. The van der Waals surface area contributed by atoms with Gasteiger partial charge in [-0.25, -0.2) is 14.8 Å². The minimum Gasteiger partial charge on any atom is -0.462 e. The molecule has 1 fully saturated rings. The average Bonchev–Trinajstić information content (AvgIpc) is 3.22. The third kappa shape index (κ3) is 2.06. The summed E-state index contributed by atoms with van der Waals surface area (Å²) in [5.74, 6) is 0.277. The number of aromatic nitrogens is 2. The van der Waals surface area contributed by atoms with Gasteiger partial charge in [0.2, 0.25) is 0 Å². The van der Waals surface area contributed by atoms with Crippen LogP contribution in [0.25, 0.3) is 11.0 Å². The van der Waals surface area contributed by atoms with E-state index in [0.717, 1.165) is 11.1 Å². The van der Waals surface area contributed by atoms with E-state index in [9.17, 15) is 4.79 Å². The molecule has 0 unspecified atom stereocenters. The summed E-state index contributed by atoms with van der Waals surface area (Å²) in [7, 11) is 0. The van der Waals surface area contributed by atoms with E-state index in [-0.39, 0.29) is 5.97 Å². The summed E-state index contributed by atoms with van der Waals surface area (Å²) in [5.41, 5.74) is 2.29. The lowest BCUT2D eigenvalue weighted by molar-refractivity contribution is 0.0526. The molecule has 0 amide bonds. The normalized spacial score (nSPS) is 14.7. The topological polar surface area (TPSA) is 52.1 Å². The molecular weight excluding hydrogens is 228 g/mol. The highest BCUT2D eigenvalue weighted by molar-refractivity contribution is 5.92. The van der Waals surface area contributed by atoms with Crippen molar-refractivity contribution in [2.75, 3.05) is 6.61 Å². The van der Waals surface area contributed by atoms with E-state index in [0.29, 0.717) is 23.7 Å². The molecule has 1 aliphatic rings. The summed E-state index contributed by atoms with van der Waals surface area (Å²) in [6.45, 7) is 2.16. The number of fused-ring (bicyclic) bond motifs is 1. The number of carbonyl (C=O) groups excluding carboxylic acids is 1. The Balaban J connectivity index is 1.97. The Labute approximate surface area is 105 Å². The van der Waals surface area contributed by atoms with Crippen molar-refractivity contribution >= 4 is 17.0 Å². The van der Waals surface area contributed by atoms with Gasteiger partial charge in [0.05, 0.1) is 12.2 Å². The predicted molar refractivity (Wildman–Crippen MR) is 67.5 cm³/mol. The fourth-order valence-electron chi connectivity index (χ4n) is 1.96. The second kappa shape index (κ2) is 4.37. The quantitative estimate of drug-likeness (QED) is 0.776. The van der Waals surface area contributed by atoms with Crippen LogP contribution in [-0.4, -0.2) is 22.5 Å². The maximum atomic E-state index is 11.6. The maximum Gasteiger partial charge on any atom is 0.339 e. The van der Waals surface area contributed by atoms with Gasteiger partial charge in [-0.05, 0) is 38.0 Å². The standard InChI is InChI=1S/C14H14N2O2/c1-2-18-14(17)11-7-10-5-6-12(9-3-4-9)16-13(10)15-8-11/h5-9H,2-4H2,1H3. The van der Waals surface area contributed by atoms with E-state index in [4.69, 9.17) is 4.74 Å². The highest BCUT2D eigenvalue weighted by Gasteiger charge is 2.25. The zero-order chi connectivity index (χ0) is 12.5. The van der Waals surface area contributed by atoms with E-state index in [1.54, 1.807) is 13.0 Å². The van der Waals surface area contributed by atoms with Gasteiger partial charge in [-0.2, -0.15) is 0 Å². The fourth-order valence-corrected chi connectivity index (χ4v) is 1.96. The Bertz CT molecular complexity index is 606. The van der Waals surface area contributed by atoms with Crippen molar-refractivity contribution in [3.63, 3.8) is 0 Å². The first kappa shape index (κ1) is 11.1. The predicted octanol–water partition coefficient (Wildman–Crippen LogP) is 2.68. The van der Waals surface area contributed by atoms with Crippen molar-refractivity contribution in [3.8, 4) is 0 Å². The van der Waals surface area contributed by atoms with Crippen LogP contribution in [0.3, 0.4) is 0 Å². The molecule has 2 heterocycles. The summed E-state index contributed by atoms with van der Waals surface area (Å²) < 4.78 is 4.95. The van der Waals surface area contributed by atoms with Gasteiger partial charge in [0.1, 0.15) is 0 Å². The van der Waals surface area contributed by atoms with Crippen molar-refractivity contribution in [3.05, 3.63) is 35.7 Å². The van der Waals surface area contributed by atoms with Crippen LogP contribution < -0.4 is 0 Å². The summed E-state index contributed by atoms with van der Waals surface area (Å²) in [6.07, 6.45) is 3.98. The Kier molecular flexibility index (Phi) is 2.70. The van der Waals surface area contributed by atoms with Gasteiger partial charge in [-0.3, -0.25) is 0 Å². The van der Waals surface area contributed by atoms with Crippen molar-refractivity contribution in [1.29, 1.82) is 0 Å². The van der Waals surface area contributed by atoms with Gasteiger partial charge in [0, 0.05) is 23.2 Å². The first-order valence-electron chi connectivity index (χ1n) is 6.21. The van der Waals surface area contributed by atoms with Crippen LogP contribution in [0.1, 0.15) is 41.7 Å². The molecule has 1 saturated carbocycles. The molecule has 0 aliphatic heterocycles. The van der Waals surface area contributed by atoms with Crippen LogP contribution in [0, 0.1) is 0 Å². The lowest BCUT2D eigenvalue weighted by atomic mass is 10.2. The molecule has 0 bridgehead atoms. The largest absolute Gasteiger partial charge is 0.462 e. The number of nitrogens with zero attached hydrogens (tertiary/aromatic N) is 2. The SMILES string of the molecule is CCOC(=O)c1cnc2nc(C3CC3)ccc2c1. The summed E-state index contributed by atoms with van der Waals surface area (Å²) in [6, 6.07) is 5.78. The molecule has 4 heteroatoms. The summed E-state index contributed by atoms with van der Waals surface area (Å²) in [5, 5.41) is 0.880. The maximum absolute atomic E-state index is 11.6. The second-order valence-electron chi connectivity index (χ2n) is 4.50. The molecule has 2 aromatic heterocycles. The molecule has 92 valence electrons. The number of ether oxygens (including phenoxy) is 1. The molecule has 0 radical (unpaired) electrons. The van der Waals surface area contributed by atoms with Crippen LogP contribution in [-0.2, 0) is 4.74 Å². The van der Waals surface area contributed by atoms with Crippen molar-refractivity contribution in [1.82, 2.24) is 9.97 Å². The number of rotatable bonds is 3. The molecule has 18 heavy (non-hydrogen) atoms. The fraction of sp³-hybridized carbons (Fsp3) is 0.357. The summed E-state index contributed by atoms with van der Waals surface area (Å²) >= 11 is 0. The van der Waals surface area contributed by atoms with Crippen LogP contribution >= 0.6 is 0 Å².